The van der Waals surface area contributed by atoms with E-state index in [4.69, 9.17) is 0 Å². The number of imide groups is 1. The molecule has 6 rings (SSSR count). The van der Waals surface area contributed by atoms with E-state index in [9.17, 15) is 9.59 Å². The fraction of sp³-hybridized carbons (Fsp3) is 0.474. The number of anilines is 1. The molecule has 124 valence electrons. The molecule has 1 heterocycles. The third-order valence-corrected chi connectivity index (χ3v) is 6.86. The molecule has 1 aromatic carbocycles. The Morgan fingerprint density at radius 3 is 2.33 bits per heavy atom. The van der Waals surface area contributed by atoms with E-state index in [-0.39, 0.29) is 30.3 Å². The van der Waals surface area contributed by atoms with Crippen LogP contribution in [-0.2, 0) is 9.59 Å². The van der Waals surface area contributed by atoms with Crippen LogP contribution in [0.15, 0.2) is 34.8 Å². The number of nitrogens with zero attached hydrogens (tertiary/aromatic N) is 1. The number of likely N-dealkylation sites (tertiary alicyclic amines) is 1. The van der Waals surface area contributed by atoms with Crippen LogP contribution in [-0.4, -0.2) is 23.4 Å². The number of halogens is 1. The van der Waals surface area contributed by atoms with E-state index in [1.807, 2.05) is 25.1 Å². The molecule has 3 fully saturated rings. The van der Waals surface area contributed by atoms with Crippen LogP contribution in [0.1, 0.15) is 12.0 Å². The summed E-state index contributed by atoms with van der Waals surface area (Å²) in [7, 11) is 0. The fourth-order valence-corrected chi connectivity index (χ4v) is 5.64. The molecule has 1 N–H and O–H groups in total. The first kappa shape index (κ1) is 14.7. The second kappa shape index (κ2) is 4.94. The van der Waals surface area contributed by atoms with Crippen LogP contribution in [0.4, 0.5) is 5.69 Å². The molecule has 0 spiro atoms. The van der Waals surface area contributed by atoms with Gasteiger partial charge in [-0.15, -0.1) is 0 Å². The summed E-state index contributed by atoms with van der Waals surface area (Å²) in [5.41, 5.74) is 2.04. The molecule has 6 atom stereocenters. The first-order valence-corrected chi connectivity index (χ1v) is 9.39. The number of carbonyl (C=O) groups is 2. The van der Waals surface area contributed by atoms with Crippen LogP contribution in [0.25, 0.3) is 0 Å². The topological polar surface area (TPSA) is 49.4 Å². The van der Waals surface area contributed by atoms with Gasteiger partial charge in [-0.25, -0.2) is 0 Å². The minimum absolute atomic E-state index is 0.0250. The van der Waals surface area contributed by atoms with Gasteiger partial charge < -0.3 is 5.32 Å². The maximum atomic E-state index is 12.9. The Morgan fingerprint density at radius 2 is 1.75 bits per heavy atom. The maximum Gasteiger partial charge on any atom is 0.235 e. The molecule has 0 unspecified atom stereocenters. The van der Waals surface area contributed by atoms with Crippen molar-refractivity contribution in [2.24, 2.45) is 35.5 Å². The first-order chi connectivity index (χ1) is 11.6. The lowest BCUT2D eigenvalue weighted by Crippen LogP contribution is -2.40. The number of amides is 2. The van der Waals surface area contributed by atoms with Crippen molar-refractivity contribution < 1.29 is 9.59 Å². The molecule has 5 heteroatoms. The summed E-state index contributed by atoms with van der Waals surface area (Å²) in [6.07, 6.45) is 5.62. The second-order valence-electron chi connectivity index (χ2n) is 7.55. The van der Waals surface area contributed by atoms with E-state index in [0.29, 0.717) is 23.7 Å². The van der Waals surface area contributed by atoms with Crippen molar-refractivity contribution in [2.75, 3.05) is 12.0 Å². The number of rotatable bonds is 3. The fourth-order valence-electron chi connectivity index (χ4n) is 5.16. The molecule has 2 bridgehead atoms. The van der Waals surface area contributed by atoms with Crippen LogP contribution in [0, 0.1) is 42.4 Å². The van der Waals surface area contributed by atoms with Gasteiger partial charge in [-0.3, -0.25) is 14.5 Å². The smallest absolute Gasteiger partial charge is 0.235 e. The molecular weight excluding hydrogens is 368 g/mol. The van der Waals surface area contributed by atoms with Crippen molar-refractivity contribution in [1.82, 2.24) is 4.90 Å². The Kier molecular flexibility index (Phi) is 3.03. The molecule has 1 saturated heterocycles. The van der Waals surface area contributed by atoms with E-state index in [0.717, 1.165) is 15.7 Å². The summed E-state index contributed by atoms with van der Waals surface area (Å²) >= 11 is 3.45. The first-order valence-electron chi connectivity index (χ1n) is 8.60. The minimum atomic E-state index is -0.107. The van der Waals surface area contributed by atoms with Crippen molar-refractivity contribution in [3.8, 4) is 0 Å². The van der Waals surface area contributed by atoms with Gasteiger partial charge >= 0.3 is 0 Å². The van der Waals surface area contributed by atoms with E-state index in [2.05, 4.69) is 33.4 Å². The Hall–Kier alpha value is -1.62. The monoisotopic (exact) mass is 386 g/mol. The highest BCUT2D eigenvalue weighted by Gasteiger charge is 2.66. The molecule has 2 saturated carbocycles. The Labute approximate surface area is 149 Å². The summed E-state index contributed by atoms with van der Waals surface area (Å²) in [5.74, 6) is 1.73. The van der Waals surface area contributed by atoms with Crippen LogP contribution < -0.4 is 5.32 Å². The molecular formula is C19H19BrN2O2. The number of hydrogen-bond donors (Lipinski definition) is 1. The molecule has 5 aliphatic rings. The highest BCUT2D eigenvalue weighted by Crippen LogP contribution is 2.65. The highest BCUT2D eigenvalue weighted by molar-refractivity contribution is 9.10. The van der Waals surface area contributed by atoms with Crippen LogP contribution >= 0.6 is 15.9 Å². The number of benzene rings is 1. The van der Waals surface area contributed by atoms with Gasteiger partial charge in [-0.1, -0.05) is 28.1 Å². The van der Waals surface area contributed by atoms with Gasteiger partial charge in [0.05, 0.1) is 18.5 Å². The molecule has 1 aliphatic heterocycles. The van der Waals surface area contributed by atoms with Gasteiger partial charge in [0.2, 0.25) is 11.8 Å². The lowest BCUT2D eigenvalue weighted by molar-refractivity contribution is -0.139. The van der Waals surface area contributed by atoms with E-state index < -0.39 is 0 Å². The zero-order valence-corrected chi connectivity index (χ0v) is 15.0. The van der Waals surface area contributed by atoms with Crippen molar-refractivity contribution >= 4 is 33.4 Å². The Bertz CT molecular complexity index is 754. The third kappa shape index (κ3) is 1.91. The molecule has 4 nitrogen and oxygen atoms in total. The third-order valence-electron chi connectivity index (χ3n) is 6.37. The van der Waals surface area contributed by atoms with Crippen molar-refractivity contribution in [3.63, 3.8) is 0 Å². The van der Waals surface area contributed by atoms with Gasteiger partial charge in [0.15, 0.2) is 0 Å². The van der Waals surface area contributed by atoms with E-state index >= 15 is 0 Å². The van der Waals surface area contributed by atoms with E-state index in [1.54, 1.807) is 0 Å². The number of carbonyl (C=O) groups excluding carboxylic acids is 2. The lowest BCUT2D eigenvalue weighted by Gasteiger charge is -2.37. The van der Waals surface area contributed by atoms with Gasteiger partial charge in [-0.2, -0.15) is 0 Å². The normalized spacial score (nSPS) is 38.3. The standard InChI is InChI=1S/C19H19BrN2O2/c1-9-6-10(20)2-5-15(9)21-8-22-18(23)16-11-3-4-12(14-7-13(11)14)17(16)19(22)24/h2-6,11-14,16-17,21H,7-8H2,1H3/t11-,12-,13+,14+,16-,17+/m1/s1. The predicted octanol–water partition coefficient (Wildman–Crippen LogP) is 3.18. The molecule has 2 amide bonds. The molecule has 0 aromatic heterocycles. The van der Waals surface area contributed by atoms with Gasteiger partial charge in [0.1, 0.15) is 0 Å². The summed E-state index contributed by atoms with van der Waals surface area (Å²) < 4.78 is 1.02. The minimum Gasteiger partial charge on any atom is -0.367 e. The lowest BCUT2D eigenvalue weighted by atomic mass is 9.63. The molecule has 24 heavy (non-hydrogen) atoms. The maximum absolute atomic E-state index is 12.9. The van der Waals surface area contributed by atoms with E-state index in [1.165, 1.54) is 11.3 Å². The SMILES string of the molecule is Cc1cc(Br)ccc1NCN1C(=O)[C@@H]2[C@@H]3C=C[C@H]([C@@H]4C[C@@H]34)[C@@H]2C1=O. The largest absolute Gasteiger partial charge is 0.367 e. The average Bonchev–Trinajstić information content (AvgIpc) is 3.33. The summed E-state index contributed by atoms with van der Waals surface area (Å²) in [6, 6.07) is 5.95. The van der Waals surface area contributed by atoms with Gasteiger partial charge in [0, 0.05) is 10.2 Å². The molecule has 0 radical (unpaired) electrons. The summed E-state index contributed by atoms with van der Waals surface area (Å²) in [4.78, 5) is 27.2. The quantitative estimate of drug-likeness (QED) is 0.640. The zero-order valence-electron chi connectivity index (χ0n) is 13.4. The molecule has 1 aromatic rings. The summed E-state index contributed by atoms with van der Waals surface area (Å²) in [5, 5.41) is 3.27. The van der Waals surface area contributed by atoms with Gasteiger partial charge in [0.25, 0.3) is 0 Å². The highest BCUT2D eigenvalue weighted by atomic mass is 79.9. The van der Waals surface area contributed by atoms with Crippen LogP contribution in [0.2, 0.25) is 0 Å². The van der Waals surface area contributed by atoms with Crippen LogP contribution in [0.3, 0.4) is 0 Å². The van der Waals surface area contributed by atoms with Crippen LogP contribution in [0.5, 0.6) is 0 Å². The summed E-state index contributed by atoms with van der Waals surface area (Å²) in [6.45, 7) is 2.28. The van der Waals surface area contributed by atoms with Crippen molar-refractivity contribution in [1.29, 1.82) is 0 Å². The number of hydrogen-bond acceptors (Lipinski definition) is 3. The second-order valence-corrected chi connectivity index (χ2v) is 8.47. The Morgan fingerprint density at radius 1 is 1.12 bits per heavy atom. The predicted molar refractivity (Wildman–Crippen MR) is 93.9 cm³/mol. The van der Waals surface area contributed by atoms with Crippen molar-refractivity contribution in [3.05, 3.63) is 40.4 Å². The number of allylic oxidation sites excluding steroid dienone is 2. The number of nitrogens with one attached hydrogen (secondary N) is 1. The average molecular weight is 387 g/mol. The van der Waals surface area contributed by atoms with Crippen molar-refractivity contribution in [2.45, 2.75) is 13.3 Å². The Balaban J connectivity index is 1.37. The number of aryl methyl sites for hydroxylation is 1. The van der Waals surface area contributed by atoms with Gasteiger partial charge in [-0.05, 0) is 60.8 Å². The zero-order chi connectivity index (χ0) is 16.6. The molecule has 4 aliphatic carbocycles.